The van der Waals surface area contributed by atoms with Gasteiger partial charge in [-0.15, -0.1) is 0 Å². The van der Waals surface area contributed by atoms with Gasteiger partial charge < -0.3 is 9.80 Å². The van der Waals surface area contributed by atoms with Crippen molar-refractivity contribution in [3.63, 3.8) is 0 Å². The molecule has 6 heteroatoms. The van der Waals surface area contributed by atoms with Crippen molar-refractivity contribution in [2.75, 3.05) is 26.7 Å². The van der Waals surface area contributed by atoms with E-state index < -0.39 is 0 Å². The lowest BCUT2D eigenvalue weighted by Crippen LogP contribution is -2.43. The number of benzene rings is 1. The molecular weight excluding hydrogens is 422 g/mol. The molecule has 1 aromatic carbocycles. The molecule has 0 saturated carbocycles. The fourth-order valence-electron chi connectivity index (χ4n) is 2.98. The summed E-state index contributed by atoms with van der Waals surface area (Å²) in [5.41, 5.74) is 0.529. The standard InChI is InChI=1S/C18H24FIN2O2/c1-3-4-9-21(2)17(23)13-7-10-22(11-8-13)18(24)15-6-5-14(19)12-16(15)20/h5-6,12-13H,3-4,7-11H2,1-2H3. The zero-order valence-corrected chi connectivity index (χ0v) is 16.4. The van der Waals surface area contributed by atoms with E-state index in [0.29, 0.717) is 35.1 Å². The SMILES string of the molecule is CCCCN(C)C(=O)C1CCN(C(=O)c2ccc(F)cc2I)CC1. The highest BCUT2D eigenvalue weighted by molar-refractivity contribution is 14.1. The normalized spacial score (nSPS) is 15.4. The number of amides is 2. The molecule has 0 atom stereocenters. The van der Waals surface area contributed by atoms with Crippen molar-refractivity contribution in [2.45, 2.75) is 32.6 Å². The fraction of sp³-hybridized carbons (Fsp3) is 0.556. The monoisotopic (exact) mass is 446 g/mol. The van der Waals surface area contributed by atoms with E-state index >= 15 is 0 Å². The molecule has 0 spiro atoms. The third-order valence-corrected chi connectivity index (χ3v) is 5.41. The van der Waals surface area contributed by atoms with Gasteiger partial charge >= 0.3 is 0 Å². The van der Waals surface area contributed by atoms with Gasteiger partial charge in [-0.25, -0.2) is 4.39 Å². The third kappa shape index (κ3) is 4.68. The highest BCUT2D eigenvalue weighted by Gasteiger charge is 2.29. The molecule has 0 bridgehead atoms. The number of rotatable bonds is 5. The van der Waals surface area contributed by atoms with Crippen LogP contribution in [0.2, 0.25) is 0 Å². The molecule has 0 radical (unpaired) electrons. The highest BCUT2D eigenvalue weighted by atomic mass is 127. The van der Waals surface area contributed by atoms with Crippen molar-refractivity contribution in [2.24, 2.45) is 5.92 Å². The van der Waals surface area contributed by atoms with Crippen molar-refractivity contribution in [3.05, 3.63) is 33.1 Å². The van der Waals surface area contributed by atoms with Gasteiger partial charge in [0.1, 0.15) is 5.82 Å². The Hall–Kier alpha value is -1.18. The average Bonchev–Trinajstić information content (AvgIpc) is 2.58. The summed E-state index contributed by atoms with van der Waals surface area (Å²) in [6.07, 6.45) is 3.47. The van der Waals surface area contributed by atoms with Gasteiger partial charge in [0.05, 0.1) is 5.56 Å². The fourth-order valence-corrected chi connectivity index (χ4v) is 3.69. The minimum Gasteiger partial charge on any atom is -0.346 e. The van der Waals surface area contributed by atoms with Crippen molar-refractivity contribution in [3.8, 4) is 0 Å². The maximum atomic E-state index is 13.2. The Morgan fingerprint density at radius 1 is 1.33 bits per heavy atom. The van der Waals surface area contributed by atoms with E-state index in [0.717, 1.165) is 19.4 Å². The van der Waals surface area contributed by atoms with E-state index in [1.807, 2.05) is 34.5 Å². The van der Waals surface area contributed by atoms with Crippen molar-refractivity contribution >= 4 is 34.4 Å². The number of hydrogen-bond acceptors (Lipinski definition) is 2. The molecule has 24 heavy (non-hydrogen) atoms. The second kappa shape index (κ2) is 8.78. The summed E-state index contributed by atoms with van der Waals surface area (Å²) in [6.45, 7) is 4.05. The van der Waals surface area contributed by atoms with Crippen molar-refractivity contribution < 1.29 is 14.0 Å². The molecule has 0 aromatic heterocycles. The number of halogens is 2. The second-order valence-corrected chi connectivity index (χ2v) is 7.47. The van der Waals surface area contributed by atoms with Gasteiger partial charge in [-0.2, -0.15) is 0 Å². The highest BCUT2D eigenvalue weighted by Crippen LogP contribution is 2.23. The Kier molecular flexibility index (Phi) is 7.01. The van der Waals surface area contributed by atoms with E-state index in [9.17, 15) is 14.0 Å². The first-order valence-corrected chi connectivity index (χ1v) is 9.51. The molecule has 2 rings (SSSR count). The summed E-state index contributed by atoms with van der Waals surface area (Å²) in [6, 6.07) is 4.22. The average molecular weight is 446 g/mol. The van der Waals surface area contributed by atoms with Crippen LogP contribution in [-0.2, 0) is 4.79 Å². The Labute approximate surface area is 156 Å². The van der Waals surface area contributed by atoms with Gasteiger partial charge in [-0.05, 0) is 60.1 Å². The van der Waals surface area contributed by atoms with E-state index in [1.165, 1.54) is 18.2 Å². The van der Waals surface area contributed by atoms with Gasteiger partial charge in [0.2, 0.25) is 5.91 Å². The molecule has 1 aromatic rings. The van der Waals surface area contributed by atoms with E-state index in [1.54, 1.807) is 4.90 Å². The molecule has 1 saturated heterocycles. The maximum Gasteiger partial charge on any atom is 0.254 e. The summed E-state index contributed by atoms with van der Waals surface area (Å²) in [7, 11) is 1.86. The quantitative estimate of drug-likeness (QED) is 0.650. The summed E-state index contributed by atoms with van der Waals surface area (Å²) in [5.74, 6) is -0.227. The molecular formula is C18H24FIN2O2. The lowest BCUT2D eigenvalue weighted by molar-refractivity contribution is -0.135. The smallest absolute Gasteiger partial charge is 0.254 e. The van der Waals surface area contributed by atoms with Gasteiger partial charge in [-0.3, -0.25) is 9.59 Å². The second-order valence-electron chi connectivity index (χ2n) is 6.30. The predicted octanol–water partition coefficient (Wildman–Crippen LogP) is 3.54. The van der Waals surface area contributed by atoms with Gasteiger partial charge in [0.15, 0.2) is 0 Å². The zero-order valence-electron chi connectivity index (χ0n) is 14.2. The topological polar surface area (TPSA) is 40.6 Å². The zero-order chi connectivity index (χ0) is 17.7. The Balaban J connectivity index is 1.92. The van der Waals surface area contributed by atoms with Crippen LogP contribution in [0.4, 0.5) is 4.39 Å². The number of carbonyl (C=O) groups is 2. The molecule has 2 amide bonds. The number of nitrogens with zero attached hydrogens (tertiary/aromatic N) is 2. The first-order valence-electron chi connectivity index (χ1n) is 8.43. The molecule has 0 aliphatic carbocycles. The van der Waals surface area contributed by atoms with Gasteiger partial charge in [-0.1, -0.05) is 13.3 Å². The minimum atomic E-state index is -0.338. The van der Waals surface area contributed by atoms with Crippen LogP contribution in [0.1, 0.15) is 43.0 Å². The number of piperidine rings is 1. The van der Waals surface area contributed by atoms with Crippen LogP contribution in [0.25, 0.3) is 0 Å². The molecule has 1 heterocycles. The molecule has 0 unspecified atom stereocenters. The van der Waals surface area contributed by atoms with Crippen molar-refractivity contribution in [1.82, 2.24) is 9.80 Å². The van der Waals surface area contributed by atoms with Gasteiger partial charge in [0.25, 0.3) is 5.91 Å². The Morgan fingerprint density at radius 2 is 2.00 bits per heavy atom. The summed E-state index contributed by atoms with van der Waals surface area (Å²) in [5, 5.41) is 0. The van der Waals surface area contributed by atoms with Crippen LogP contribution in [-0.4, -0.2) is 48.3 Å². The van der Waals surface area contributed by atoms with Crippen LogP contribution in [0, 0.1) is 15.3 Å². The van der Waals surface area contributed by atoms with Crippen LogP contribution in [0.15, 0.2) is 18.2 Å². The Morgan fingerprint density at radius 3 is 2.58 bits per heavy atom. The molecule has 0 N–H and O–H groups in total. The number of likely N-dealkylation sites (tertiary alicyclic amines) is 1. The summed E-state index contributed by atoms with van der Waals surface area (Å²) >= 11 is 1.99. The summed E-state index contributed by atoms with van der Waals surface area (Å²) in [4.78, 5) is 28.6. The Bertz CT molecular complexity index is 601. The molecule has 132 valence electrons. The summed E-state index contributed by atoms with van der Waals surface area (Å²) < 4.78 is 13.8. The van der Waals surface area contributed by atoms with Crippen molar-refractivity contribution in [1.29, 1.82) is 0 Å². The lowest BCUT2D eigenvalue weighted by Gasteiger charge is -2.33. The van der Waals surface area contributed by atoms with E-state index in [-0.39, 0.29) is 23.5 Å². The third-order valence-electron chi connectivity index (χ3n) is 4.52. The molecule has 1 aliphatic rings. The number of carbonyl (C=O) groups excluding carboxylic acids is 2. The van der Waals surface area contributed by atoms with Gasteiger partial charge in [0, 0.05) is 36.2 Å². The van der Waals surface area contributed by atoms with Crippen LogP contribution < -0.4 is 0 Å². The van der Waals surface area contributed by atoms with Crippen LogP contribution >= 0.6 is 22.6 Å². The van der Waals surface area contributed by atoms with Crippen LogP contribution in [0.5, 0.6) is 0 Å². The van der Waals surface area contributed by atoms with E-state index in [4.69, 9.17) is 0 Å². The molecule has 1 fully saturated rings. The maximum absolute atomic E-state index is 13.2. The minimum absolute atomic E-state index is 0.00296. The number of hydrogen-bond donors (Lipinski definition) is 0. The molecule has 1 aliphatic heterocycles. The van der Waals surface area contributed by atoms with Crippen LogP contribution in [0.3, 0.4) is 0 Å². The molecule has 4 nitrogen and oxygen atoms in total. The predicted molar refractivity (Wildman–Crippen MR) is 100 cm³/mol. The largest absolute Gasteiger partial charge is 0.346 e. The van der Waals surface area contributed by atoms with E-state index in [2.05, 4.69) is 6.92 Å². The first-order chi connectivity index (χ1) is 11.4. The number of unbranched alkanes of at least 4 members (excludes halogenated alkanes) is 1. The lowest BCUT2D eigenvalue weighted by atomic mass is 9.94. The first kappa shape index (κ1) is 19.1.